The first-order valence-electron chi connectivity index (χ1n) is 10.5. The standard InChI is InChI=1S/C24H26N4O3/c1-13(2)21-10-17(19-12-26-28(14(3)4)23(19)27-21)24(30)31-15(5)22(29)18-11-25-20-9-7-6-8-16(18)20/h6-15,25H,1-5H3/t15-/m1/s1. The van der Waals surface area contributed by atoms with Gasteiger partial charge in [0.15, 0.2) is 11.8 Å². The summed E-state index contributed by atoms with van der Waals surface area (Å²) in [5.74, 6) is -0.687. The number of carbonyl (C=O) groups is 2. The van der Waals surface area contributed by atoms with Crippen molar-refractivity contribution in [1.82, 2.24) is 19.7 Å². The summed E-state index contributed by atoms with van der Waals surface area (Å²) < 4.78 is 7.41. The van der Waals surface area contributed by atoms with E-state index in [0.29, 0.717) is 22.2 Å². The topological polar surface area (TPSA) is 89.9 Å². The number of rotatable bonds is 6. The van der Waals surface area contributed by atoms with Gasteiger partial charge in [-0.05, 0) is 38.8 Å². The van der Waals surface area contributed by atoms with Gasteiger partial charge >= 0.3 is 5.97 Å². The number of Topliss-reactive ketones (excluding diaryl/α,β-unsaturated/α-hetero) is 1. The second-order valence-corrected chi connectivity index (χ2v) is 8.33. The molecule has 0 radical (unpaired) electrons. The van der Waals surface area contributed by atoms with Crippen LogP contribution in [0.4, 0.5) is 0 Å². The maximum Gasteiger partial charge on any atom is 0.339 e. The van der Waals surface area contributed by atoms with Crippen LogP contribution in [-0.4, -0.2) is 37.6 Å². The zero-order chi connectivity index (χ0) is 22.3. The SMILES string of the molecule is CC(C)c1cc(C(=O)O[C@H](C)C(=O)c2c[nH]c3ccccc23)c2cnn(C(C)C)c2n1. The van der Waals surface area contributed by atoms with Crippen LogP contribution in [0, 0.1) is 0 Å². The summed E-state index contributed by atoms with van der Waals surface area (Å²) in [6.07, 6.45) is 2.36. The minimum absolute atomic E-state index is 0.0960. The highest BCUT2D eigenvalue weighted by Gasteiger charge is 2.25. The van der Waals surface area contributed by atoms with Gasteiger partial charge in [0.25, 0.3) is 0 Å². The molecule has 0 aliphatic carbocycles. The lowest BCUT2D eigenvalue weighted by Crippen LogP contribution is -2.24. The lowest BCUT2D eigenvalue weighted by atomic mass is 10.0. The van der Waals surface area contributed by atoms with E-state index >= 15 is 0 Å². The number of H-pyrrole nitrogens is 1. The predicted octanol–water partition coefficient (Wildman–Crippen LogP) is 5.05. The molecule has 1 N–H and O–H groups in total. The molecule has 0 aliphatic rings. The number of aromatic nitrogens is 4. The Bertz CT molecular complexity index is 1280. The van der Waals surface area contributed by atoms with Crippen molar-refractivity contribution in [2.75, 3.05) is 0 Å². The molecule has 0 bridgehead atoms. The van der Waals surface area contributed by atoms with E-state index in [1.165, 1.54) is 0 Å². The van der Waals surface area contributed by atoms with E-state index in [-0.39, 0.29) is 17.7 Å². The Morgan fingerprint density at radius 2 is 1.77 bits per heavy atom. The molecule has 1 atom stereocenters. The molecule has 4 aromatic rings. The number of aromatic amines is 1. The van der Waals surface area contributed by atoms with Gasteiger partial charge in [0.05, 0.1) is 17.1 Å². The number of nitrogens with zero attached hydrogens (tertiary/aromatic N) is 3. The van der Waals surface area contributed by atoms with E-state index in [9.17, 15) is 9.59 Å². The number of pyridine rings is 1. The fourth-order valence-electron chi connectivity index (χ4n) is 3.65. The van der Waals surface area contributed by atoms with Gasteiger partial charge in [-0.25, -0.2) is 14.5 Å². The van der Waals surface area contributed by atoms with Crippen LogP contribution < -0.4 is 0 Å². The van der Waals surface area contributed by atoms with E-state index in [2.05, 4.69) is 10.1 Å². The molecule has 7 heteroatoms. The monoisotopic (exact) mass is 418 g/mol. The van der Waals surface area contributed by atoms with Crippen LogP contribution in [0.15, 0.2) is 42.7 Å². The number of hydrogen-bond acceptors (Lipinski definition) is 5. The van der Waals surface area contributed by atoms with Crippen molar-refractivity contribution < 1.29 is 14.3 Å². The number of ether oxygens (including phenoxy) is 1. The molecule has 0 saturated carbocycles. The summed E-state index contributed by atoms with van der Waals surface area (Å²) in [5.41, 5.74) is 3.16. The number of ketones is 1. The van der Waals surface area contributed by atoms with Gasteiger partial charge in [0.1, 0.15) is 0 Å². The van der Waals surface area contributed by atoms with Crippen LogP contribution >= 0.6 is 0 Å². The predicted molar refractivity (Wildman–Crippen MR) is 120 cm³/mol. The van der Waals surface area contributed by atoms with E-state index in [4.69, 9.17) is 9.72 Å². The van der Waals surface area contributed by atoms with Gasteiger partial charge in [0, 0.05) is 34.4 Å². The summed E-state index contributed by atoms with van der Waals surface area (Å²) in [7, 11) is 0. The molecule has 3 aromatic heterocycles. The quantitative estimate of drug-likeness (QED) is 0.350. The second kappa shape index (κ2) is 7.98. The van der Waals surface area contributed by atoms with E-state index in [1.54, 1.807) is 30.1 Å². The Hall–Kier alpha value is -3.48. The molecule has 7 nitrogen and oxygen atoms in total. The van der Waals surface area contributed by atoms with Crippen molar-refractivity contribution in [2.24, 2.45) is 0 Å². The molecule has 0 unspecified atom stereocenters. The van der Waals surface area contributed by atoms with Crippen LogP contribution in [-0.2, 0) is 4.74 Å². The Morgan fingerprint density at radius 1 is 1.03 bits per heavy atom. The van der Waals surface area contributed by atoms with Gasteiger partial charge < -0.3 is 9.72 Å². The number of carbonyl (C=O) groups excluding carboxylic acids is 2. The third-order valence-corrected chi connectivity index (χ3v) is 5.39. The van der Waals surface area contributed by atoms with Crippen LogP contribution in [0.2, 0.25) is 0 Å². The number of esters is 1. The molecular formula is C24H26N4O3. The van der Waals surface area contributed by atoms with Crippen molar-refractivity contribution in [2.45, 2.75) is 52.7 Å². The first kappa shape index (κ1) is 20.8. The number of benzene rings is 1. The average molecular weight is 418 g/mol. The van der Waals surface area contributed by atoms with Crippen LogP contribution in [0.3, 0.4) is 0 Å². The number of para-hydroxylation sites is 1. The molecule has 0 aliphatic heterocycles. The third-order valence-electron chi connectivity index (χ3n) is 5.39. The summed E-state index contributed by atoms with van der Waals surface area (Å²) >= 11 is 0. The summed E-state index contributed by atoms with van der Waals surface area (Å²) in [6, 6.07) is 9.38. The maximum absolute atomic E-state index is 13.1. The van der Waals surface area contributed by atoms with Crippen LogP contribution in [0.1, 0.15) is 73.0 Å². The zero-order valence-corrected chi connectivity index (χ0v) is 18.3. The van der Waals surface area contributed by atoms with Crippen molar-refractivity contribution >= 4 is 33.7 Å². The highest BCUT2D eigenvalue weighted by Crippen LogP contribution is 2.26. The van der Waals surface area contributed by atoms with Crippen molar-refractivity contribution in [3.8, 4) is 0 Å². The summed E-state index contributed by atoms with van der Waals surface area (Å²) in [4.78, 5) is 33.9. The number of fused-ring (bicyclic) bond motifs is 2. The molecule has 1 aromatic carbocycles. The largest absolute Gasteiger partial charge is 0.451 e. The molecular weight excluding hydrogens is 392 g/mol. The normalized spacial score (nSPS) is 12.7. The molecule has 4 rings (SSSR count). The van der Waals surface area contributed by atoms with Crippen molar-refractivity contribution in [1.29, 1.82) is 0 Å². The minimum atomic E-state index is -0.933. The van der Waals surface area contributed by atoms with Gasteiger partial charge in [-0.2, -0.15) is 5.10 Å². The van der Waals surface area contributed by atoms with Crippen molar-refractivity contribution in [3.63, 3.8) is 0 Å². The van der Waals surface area contributed by atoms with Gasteiger partial charge in [0.2, 0.25) is 5.78 Å². The van der Waals surface area contributed by atoms with Gasteiger partial charge in [-0.15, -0.1) is 0 Å². The highest BCUT2D eigenvalue weighted by atomic mass is 16.5. The molecule has 0 spiro atoms. The molecule has 0 fully saturated rings. The molecule has 3 heterocycles. The third kappa shape index (κ3) is 3.71. The van der Waals surface area contributed by atoms with E-state index in [0.717, 1.165) is 16.6 Å². The van der Waals surface area contributed by atoms with E-state index < -0.39 is 12.1 Å². The lowest BCUT2D eigenvalue weighted by molar-refractivity contribution is 0.0321. The van der Waals surface area contributed by atoms with Gasteiger partial charge in [-0.3, -0.25) is 4.79 Å². The number of hydrogen-bond donors (Lipinski definition) is 1. The maximum atomic E-state index is 13.1. The zero-order valence-electron chi connectivity index (χ0n) is 18.3. The Morgan fingerprint density at radius 3 is 2.48 bits per heavy atom. The summed E-state index contributed by atoms with van der Waals surface area (Å²) in [5, 5.41) is 5.83. The van der Waals surface area contributed by atoms with Crippen LogP contribution in [0.25, 0.3) is 21.9 Å². The smallest absolute Gasteiger partial charge is 0.339 e. The molecule has 0 saturated heterocycles. The first-order valence-corrected chi connectivity index (χ1v) is 10.5. The molecule has 160 valence electrons. The Balaban J connectivity index is 1.67. The Labute approximate surface area is 180 Å². The molecule has 0 amide bonds. The lowest BCUT2D eigenvalue weighted by Gasteiger charge is -2.14. The second-order valence-electron chi connectivity index (χ2n) is 8.33. The highest BCUT2D eigenvalue weighted by molar-refractivity contribution is 6.11. The fraction of sp³-hybridized carbons (Fsp3) is 0.333. The van der Waals surface area contributed by atoms with Gasteiger partial charge in [-0.1, -0.05) is 32.0 Å². The van der Waals surface area contributed by atoms with E-state index in [1.807, 2.05) is 52.0 Å². The number of nitrogens with one attached hydrogen (secondary N) is 1. The molecule has 31 heavy (non-hydrogen) atoms. The minimum Gasteiger partial charge on any atom is -0.451 e. The Kier molecular flexibility index (Phi) is 5.35. The first-order chi connectivity index (χ1) is 14.8. The van der Waals surface area contributed by atoms with Crippen molar-refractivity contribution in [3.05, 3.63) is 59.5 Å². The average Bonchev–Trinajstić information content (AvgIpc) is 3.36. The van der Waals surface area contributed by atoms with Crippen LogP contribution in [0.5, 0.6) is 0 Å². The summed E-state index contributed by atoms with van der Waals surface area (Å²) in [6.45, 7) is 9.65. The fourth-order valence-corrected chi connectivity index (χ4v) is 3.65.